The minimum Gasteiger partial charge on any atom is -0.369 e. The molecule has 0 spiro atoms. The number of hydrogen-bond donors (Lipinski definition) is 2. The molecule has 2 unspecified atom stereocenters. The van der Waals surface area contributed by atoms with Gasteiger partial charge in [0.25, 0.3) is 0 Å². The first-order valence-corrected chi connectivity index (χ1v) is 8.09. The lowest BCUT2D eigenvalue weighted by molar-refractivity contribution is 0.268. The minimum atomic E-state index is 0.748. The van der Waals surface area contributed by atoms with E-state index in [1.807, 2.05) is 23.0 Å². The Morgan fingerprint density at radius 2 is 2.14 bits per heavy atom. The number of anilines is 2. The van der Waals surface area contributed by atoms with Crippen molar-refractivity contribution in [2.75, 3.05) is 23.7 Å². The Balaban J connectivity index is 1.77. The second-order valence-corrected chi connectivity index (χ2v) is 6.07. The van der Waals surface area contributed by atoms with Crippen LogP contribution in [0.25, 0.3) is 5.65 Å². The van der Waals surface area contributed by atoms with Gasteiger partial charge in [0, 0.05) is 25.5 Å². The van der Waals surface area contributed by atoms with Crippen molar-refractivity contribution in [1.82, 2.24) is 14.4 Å². The highest BCUT2D eigenvalue weighted by atomic mass is 15.1. The highest BCUT2D eigenvalue weighted by molar-refractivity contribution is 5.65. The third-order valence-corrected chi connectivity index (χ3v) is 4.55. The van der Waals surface area contributed by atoms with Crippen LogP contribution < -0.4 is 10.6 Å². The fourth-order valence-corrected chi connectivity index (χ4v) is 3.24. The summed E-state index contributed by atoms with van der Waals surface area (Å²) in [7, 11) is 0. The molecule has 1 fully saturated rings. The van der Waals surface area contributed by atoms with Gasteiger partial charge in [0.1, 0.15) is 5.82 Å². The summed E-state index contributed by atoms with van der Waals surface area (Å²) in [6.45, 7) is 6.31. The summed E-state index contributed by atoms with van der Waals surface area (Å²) in [5.41, 5.74) is 0.903. The van der Waals surface area contributed by atoms with Crippen LogP contribution in [0.4, 0.5) is 11.6 Å². The van der Waals surface area contributed by atoms with E-state index in [2.05, 4.69) is 34.4 Å². The monoisotopic (exact) mass is 287 g/mol. The number of imidazole rings is 1. The molecule has 1 aliphatic rings. The average Bonchev–Trinajstić information content (AvgIpc) is 2.95. The van der Waals surface area contributed by atoms with E-state index in [0.717, 1.165) is 42.2 Å². The standard InChI is InChI=1S/C16H25N5/c1-3-17-14-11-21-9-8-18-16(21)15(20-14)19-10-13-7-5-4-6-12(13)2/h8-9,11-13,17H,3-7,10H2,1-2H3,(H,19,20). The maximum Gasteiger partial charge on any atom is 0.180 e. The van der Waals surface area contributed by atoms with Crippen molar-refractivity contribution in [2.45, 2.75) is 39.5 Å². The Hall–Kier alpha value is -1.78. The van der Waals surface area contributed by atoms with E-state index < -0.39 is 0 Å². The Morgan fingerprint density at radius 3 is 2.95 bits per heavy atom. The quantitative estimate of drug-likeness (QED) is 0.885. The van der Waals surface area contributed by atoms with Gasteiger partial charge >= 0.3 is 0 Å². The molecule has 0 radical (unpaired) electrons. The van der Waals surface area contributed by atoms with Gasteiger partial charge in [0.15, 0.2) is 11.5 Å². The molecule has 2 heterocycles. The van der Waals surface area contributed by atoms with E-state index in [-0.39, 0.29) is 0 Å². The smallest absolute Gasteiger partial charge is 0.180 e. The summed E-state index contributed by atoms with van der Waals surface area (Å²) in [4.78, 5) is 9.08. The predicted octanol–water partition coefficient (Wildman–Crippen LogP) is 3.40. The molecule has 0 aromatic carbocycles. The minimum absolute atomic E-state index is 0.748. The molecule has 21 heavy (non-hydrogen) atoms. The van der Waals surface area contributed by atoms with Crippen LogP contribution in [0.3, 0.4) is 0 Å². The number of aromatic nitrogens is 3. The fraction of sp³-hybridized carbons (Fsp3) is 0.625. The zero-order valence-corrected chi connectivity index (χ0v) is 13.0. The maximum atomic E-state index is 4.67. The van der Waals surface area contributed by atoms with E-state index in [1.54, 1.807) is 0 Å². The first-order chi connectivity index (χ1) is 10.3. The lowest BCUT2D eigenvalue weighted by Crippen LogP contribution is -2.25. The van der Waals surface area contributed by atoms with Crippen molar-refractivity contribution < 1.29 is 0 Å². The maximum absolute atomic E-state index is 4.67. The van der Waals surface area contributed by atoms with Gasteiger partial charge < -0.3 is 15.0 Å². The first-order valence-electron chi connectivity index (χ1n) is 8.09. The van der Waals surface area contributed by atoms with E-state index in [1.165, 1.54) is 25.7 Å². The Kier molecular flexibility index (Phi) is 4.27. The van der Waals surface area contributed by atoms with Gasteiger partial charge in [-0.1, -0.05) is 26.2 Å². The summed E-state index contributed by atoms with van der Waals surface area (Å²) >= 11 is 0. The van der Waals surface area contributed by atoms with Crippen molar-refractivity contribution in [1.29, 1.82) is 0 Å². The zero-order chi connectivity index (χ0) is 14.7. The van der Waals surface area contributed by atoms with Crippen molar-refractivity contribution in [2.24, 2.45) is 11.8 Å². The second kappa shape index (κ2) is 6.33. The second-order valence-electron chi connectivity index (χ2n) is 6.07. The van der Waals surface area contributed by atoms with Crippen LogP contribution in [0.15, 0.2) is 18.6 Å². The van der Waals surface area contributed by atoms with Gasteiger partial charge in [0.05, 0.1) is 6.20 Å². The number of nitrogens with zero attached hydrogens (tertiary/aromatic N) is 3. The summed E-state index contributed by atoms with van der Waals surface area (Å²) < 4.78 is 2.03. The molecule has 5 heteroatoms. The summed E-state index contributed by atoms with van der Waals surface area (Å²) in [6, 6.07) is 0. The van der Waals surface area contributed by atoms with Gasteiger partial charge in [-0.25, -0.2) is 9.97 Å². The molecule has 1 saturated carbocycles. The summed E-state index contributed by atoms with van der Waals surface area (Å²) in [5, 5.41) is 6.82. The number of rotatable bonds is 5. The summed E-state index contributed by atoms with van der Waals surface area (Å²) in [5.74, 6) is 3.33. The fourth-order valence-electron chi connectivity index (χ4n) is 3.24. The van der Waals surface area contributed by atoms with Crippen LogP contribution in [0.5, 0.6) is 0 Å². The first kappa shape index (κ1) is 14.2. The molecule has 0 saturated heterocycles. The highest BCUT2D eigenvalue weighted by Crippen LogP contribution is 2.30. The third-order valence-electron chi connectivity index (χ3n) is 4.55. The lowest BCUT2D eigenvalue weighted by atomic mass is 9.80. The Bertz CT molecular complexity index is 591. The average molecular weight is 287 g/mol. The van der Waals surface area contributed by atoms with Crippen LogP contribution in [0.1, 0.15) is 39.5 Å². The van der Waals surface area contributed by atoms with Gasteiger partial charge in [-0.3, -0.25) is 0 Å². The summed E-state index contributed by atoms with van der Waals surface area (Å²) in [6.07, 6.45) is 11.2. The SMILES string of the molecule is CCNc1cn2ccnc2c(NCC2CCCCC2C)n1. The van der Waals surface area contributed by atoms with E-state index >= 15 is 0 Å². The van der Waals surface area contributed by atoms with Crippen molar-refractivity contribution in [3.05, 3.63) is 18.6 Å². The lowest BCUT2D eigenvalue weighted by Gasteiger charge is -2.29. The predicted molar refractivity (Wildman–Crippen MR) is 86.8 cm³/mol. The van der Waals surface area contributed by atoms with Crippen LogP contribution in [0, 0.1) is 11.8 Å². The molecular weight excluding hydrogens is 262 g/mol. The van der Waals surface area contributed by atoms with Crippen LogP contribution in [-0.2, 0) is 0 Å². The highest BCUT2D eigenvalue weighted by Gasteiger charge is 2.21. The molecule has 2 N–H and O–H groups in total. The number of nitrogens with one attached hydrogen (secondary N) is 2. The van der Waals surface area contributed by atoms with Crippen LogP contribution in [-0.4, -0.2) is 27.5 Å². The molecule has 3 rings (SSSR count). The van der Waals surface area contributed by atoms with Gasteiger partial charge in [0.2, 0.25) is 0 Å². The van der Waals surface area contributed by atoms with Crippen molar-refractivity contribution in [3.63, 3.8) is 0 Å². The van der Waals surface area contributed by atoms with Crippen LogP contribution >= 0.6 is 0 Å². The number of hydrogen-bond acceptors (Lipinski definition) is 4. The molecule has 1 aliphatic carbocycles. The molecular formula is C16H25N5. The van der Waals surface area contributed by atoms with Gasteiger partial charge in [-0.05, 0) is 25.2 Å². The molecule has 0 amide bonds. The van der Waals surface area contributed by atoms with E-state index in [0.29, 0.717) is 0 Å². The van der Waals surface area contributed by atoms with Crippen LogP contribution in [0.2, 0.25) is 0 Å². The molecule has 0 bridgehead atoms. The molecule has 2 aromatic heterocycles. The molecule has 5 nitrogen and oxygen atoms in total. The normalized spacial score (nSPS) is 22.4. The molecule has 114 valence electrons. The Morgan fingerprint density at radius 1 is 1.29 bits per heavy atom. The van der Waals surface area contributed by atoms with Gasteiger partial charge in [-0.15, -0.1) is 0 Å². The van der Waals surface area contributed by atoms with Crippen molar-refractivity contribution >= 4 is 17.3 Å². The number of fused-ring (bicyclic) bond motifs is 1. The molecule has 2 aromatic rings. The van der Waals surface area contributed by atoms with Gasteiger partial charge in [-0.2, -0.15) is 0 Å². The van der Waals surface area contributed by atoms with E-state index in [4.69, 9.17) is 0 Å². The zero-order valence-electron chi connectivity index (χ0n) is 13.0. The van der Waals surface area contributed by atoms with E-state index in [9.17, 15) is 0 Å². The van der Waals surface area contributed by atoms with Crippen molar-refractivity contribution in [3.8, 4) is 0 Å². The topological polar surface area (TPSA) is 54.2 Å². The molecule has 2 atom stereocenters. The third kappa shape index (κ3) is 3.12. The largest absolute Gasteiger partial charge is 0.369 e. The Labute approximate surface area is 126 Å². The molecule has 0 aliphatic heterocycles.